The highest BCUT2D eigenvalue weighted by Crippen LogP contribution is 2.29. The van der Waals surface area contributed by atoms with Gasteiger partial charge in [0.1, 0.15) is 0 Å². The Morgan fingerprint density at radius 3 is 2.58 bits per heavy atom. The fourth-order valence-corrected chi connectivity index (χ4v) is 2.86. The van der Waals surface area contributed by atoms with Crippen molar-refractivity contribution in [2.75, 3.05) is 11.5 Å². The quantitative estimate of drug-likeness (QED) is 0.663. The molecule has 0 aromatic heterocycles. The number of nitrogens with one attached hydrogen (secondary N) is 1. The highest BCUT2D eigenvalue weighted by molar-refractivity contribution is 7.85. The van der Waals surface area contributed by atoms with Crippen LogP contribution >= 0.6 is 0 Å². The molecule has 12 heavy (non-hydrogen) atoms. The van der Waals surface area contributed by atoms with Gasteiger partial charge in [-0.2, -0.15) is 0 Å². The summed E-state index contributed by atoms with van der Waals surface area (Å²) in [6.45, 7) is 0. The third-order valence-corrected chi connectivity index (χ3v) is 3.84. The Labute approximate surface area is 74.4 Å². The molecule has 0 aromatic rings. The van der Waals surface area contributed by atoms with Crippen LogP contribution < -0.4 is 5.32 Å². The minimum absolute atomic E-state index is 0.180. The maximum absolute atomic E-state index is 11.3. The summed E-state index contributed by atoms with van der Waals surface area (Å²) in [5.74, 6) is 1.88. The van der Waals surface area contributed by atoms with Crippen molar-refractivity contribution < 1.29 is 9.00 Å². The zero-order valence-electron chi connectivity index (χ0n) is 6.91. The van der Waals surface area contributed by atoms with Crippen molar-refractivity contribution in [3.8, 4) is 0 Å². The number of amides is 1. The fourth-order valence-electron chi connectivity index (χ4n) is 1.44. The summed E-state index contributed by atoms with van der Waals surface area (Å²) in [5, 5.41) is 2.94. The topological polar surface area (TPSA) is 46.2 Å². The molecule has 1 saturated heterocycles. The second-order valence-electron chi connectivity index (χ2n) is 3.58. The first kappa shape index (κ1) is 8.23. The van der Waals surface area contributed by atoms with Gasteiger partial charge in [0.05, 0.1) is 0 Å². The van der Waals surface area contributed by atoms with Gasteiger partial charge in [0.25, 0.3) is 0 Å². The van der Waals surface area contributed by atoms with E-state index in [2.05, 4.69) is 5.32 Å². The second kappa shape index (κ2) is 3.17. The number of carbonyl (C=O) groups excluding carboxylic acids is 1. The van der Waals surface area contributed by atoms with Crippen LogP contribution in [0.5, 0.6) is 0 Å². The normalized spacial score (nSPS) is 35.0. The highest BCUT2D eigenvalue weighted by Gasteiger charge is 2.32. The van der Waals surface area contributed by atoms with Crippen LogP contribution in [0.1, 0.15) is 19.3 Å². The van der Waals surface area contributed by atoms with Gasteiger partial charge in [-0.25, -0.2) is 0 Å². The molecule has 4 heteroatoms. The molecule has 68 valence electrons. The summed E-state index contributed by atoms with van der Waals surface area (Å²) in [6.07, 6.45) is 2.98. The molecule has 1 heterocycles. The number of hydrogen-bond acceptors (Lipinski definition) is 2. The van der Waals surface area contributed by atoms with Crippen LogP contribution in [0.15, 0.2) is 0 Å². The van der Waals surface area contributed by atoms with Gasteiger partial charge in [-0.1, -0.05) is 0 Å². The maximum atomic E-state index is 11.3. The number of carbonyl (C=O) groups is 1. The first-order chi connectivity index (χ1) is 5.75. The van der Waals surface area contributed by atoms with Crippen molar-refractivity contribution in [3.05, 3.63) is 0 Å². The number of hydrogen-bond donors (Lipinski definition) is 1. The highest BCUT2D eigenvalue weighted by atomic mass is 32.2. The molecule has 2 rings (SSSR count). The first-order valence-corrected chi connectivity index (χ1v) is 5.90. The molecule has 1 aliphatic carbocycles. The molecule has 0 radical (unpaired) electrons. The molecule has 1 saturated carbocycles. The predicted octanol–water partition coefficient (Wildman–Crippen LogP) is 0.0336. The van der Waals surface area contributed by atoms with Crippen LogP contribution in [0, 0.1) is 5.92 Å². The van der Waals surface area contributed by atoms with E-state index < -0.39 is 10.8 Å². The third kappa shape index (κ3) is 1.86. The first-order valence-electron chi connectivity index (χ1n) is 4.41. The minimum Gasteiger partial charge on any atom is -0.352 e. The molecule has 1 amide bonds. The van der Waals surface area contributed by atoms with E-state index in [1.54, 1.807) is 0 Å². The van der Waals surface area contributed by atoms with Gasteiger partial charge >= 0.3 is 0 Å². The van der Waals surface area contributed by atoms with E-state index in [1.807, 2.05) is 0 Å². The lowest BCUT2D eigenvalue weighted by atomic mass is 10.2. The SMILES string of the molecule is O=C(NC1CCS(=O)C1)C1CC1. The van der Waals surface area contributed by atoms with Crippen LogP contribution in [0.3, 0.4) is 0 Å². The predicted molar refractivity (Wildman–Crippen MR) is 47.1 cm³/mol. The summed E-state index contributed by atoms with van der Waals surface area (Å²) in [5.41, 5.74) is 0. The average molecular weight is 187 g/mol. The molecule has 2 unspecified atom stereocenters. The zero-order chi connectivity index (χ0) is 8.55. The maximum Gasteiger partial charge on any atom is 0.223 e. The van der Waals surface area contributed by atoms with Crippen molar-refractivity contribution >= 4 is 16.7 Å². The summed E-state index contributed by atoms with van der Waals surface area (Å²) >= 11 is 0. The Hall–Kier alpha value is -0.380. The average Bonchev–Trinajstić information content (AvgIpc) is 2.78. The molecule has 0 bridgehead atoms. The van der Waals surface area contributed by atoms with E-state index >= 15 is 0 Å². The van der Waals surface area contributed by atoms with E-state index in [0.29, 0.717) is 5.75 Å². The van der Waals surface area contributed by atoms with Gasteiger partial charge in [-0.05, 0) is 19.3 Å². The smallest absolute Gasteiger partial charge is 0.223 e. The second-order valence-corrected chi connectivity index (χ2v) is 5.20. The van der Waals surface area contributed by atoms with Crippen LogP contribution in [-0.2, 0) is 15.6 Å². The van der Waals surface area contributed by atoms with E-state index in [1.165, 1.54) is 0 Å². The van der Waals surface area contributed by atoms with E-state index in [4.69, 9.17) is 0 Å². The monoisotopic (exact) mass is 187 g/mol. The molecule has 0 spiro atoms. The zero-order valence-corrected chi connectivity index (χ0v) is 7.73. The Morgan fingerprint density at radius 2 is 2.08 bits per heavy atom. The standard InChI is InChI=1S/C8H13NO2S/c10-8(6-1-2-6)9-7-3-4-12(11)5-7/h6-7H,1-5H2,(H,9,10). The van der Waals surface area contributed by atoms with Crippen LogP contribution in [0.25, 0.3) is 0 Å². The van der Waals surface area contributed by atoms with Crippen LogP contribution in [0.4, 0.5) is 0 Å². The summed E-state index contributed by atoms with van der Waals surface area (Å²) in [7, 11) is -0.677. The van der Waals surface area contributed by atoms with Crippen molar-refractivity contribution in [1.29, 1.82) is 0 Å². The molecule has 2 aliphatic rings. The van der Waals surface area contributed by atoms with Crippen molar-refractivity contribution in [1.82, 2.24) is 5.32 Å². The Bertz CT molecular complexity index is 225. The molecule has 2 fully saturated rings. The Morgan fingerprint density at radius 1 is 1.33 bits per heavy atom. The largest absolute Gasteiger partial charge is 0.352 e. The van der Waals surface area contributed by atoms with Crippen LogP contribution in [-0.4, -0.2) is 27.7 Å². The van der Waals surface area contributed by atoms with Gasteiger partial charge < -0.3 is 5.32 Å². The molecular formula is C8H13NO2S. The minimum atomic E-state index is -0.677. The van der Waals surface area contributed by atoms with Crippen LogP contribution in [0.2, 0.25) is 0 Å². The van der Waals surface area contributed by atoms with Gasteiger partial charge in [0, 0.05) is 34.3 Å². The molecule has 0 aromatic carbocycles. The molecule has 3 nitrogen and oxygen atoms in total. The van der Waals surface area contributed by atoms with Gasteiger partial charge in [0.15, 0.2) is 0 Å². The summed E-state index contributed by atoms with van der Waals surface area (Å²) in [4.78, 5) is 11.3. The lowest BCUT2D eigenvalue weighted by Gasteiger charge is -2.09. The molecule has 1 aliphatic heterocycles. The number of rotatable bonds is 2. The van der Waals surface area contributed by atoms with Gasteiger partial charge in [-0.15, -0.1) is 0 Å². The van der Waals surface area contributed by atoms with E-state index in [0.717, 1.165) is 25.0 Å². The molecule has 2 atom stereocenters. The van der Waals surface area contributed by atoms with Crippen molar-refractivity contribution in [3.63, 3.8) is 0 Å². The lowest BCUT2D eigenvalue weighted by molar-refractivity contribution is -0.122. The van der Waals surface area contributed by atoms with Crippen molar-refractivity contribution in [2.24, 2.45) is 5.92 Å². The molecule has 1 N–H and O–H groups in total. The Balaban J connectivity index is 1.78. The molecular weight excluding hydrogens is 174 g/mol. The Kier molecular flexibility index (Phi) is 2.17. The van der Waals surface area contributed by atoms with E-state index in [-0.39, 0.29) is 17.9 Å². The van der Waals surface area contributed by atoms with Gasteiger partial charge in [0.2, 0.25) is 5.91 Å². The summed E-state index contributed by atoms with van der Waals surface area (Å²) in [6, 6.07) is 0.193. The summed E-state index contributed by atoms with van der Waals surface area (Å²) < 4.78 is 11.0. The van der Waals surface area contributed by atoms with Crippen molar-refractivity contribution in [2.45, 2.75) is 25.3 Å². The third-order valence-electron chi connectivity index (χ3n) is 2.38. The lowest BCUT2D eigenvalue weighted by Crippen LogP contribution is -2.36. The van der Waals surface area contributed by atoms with Gasteiger partial charge in [-0.3, -0.25) is 9.00 Å². The fraction of sp³-hybridized carbons (Fsp3) is 0.875. The van der Waals surface area contributed by atoms with E-state index in [9.17, 15) is 9.00 Å².